The van der Waals surface area contributed by atoms with Crippen LogP contribution in [-0.2, 0) is 9.59 Å². The molecule has 1 fully saturated rings. The lowest BCUT2D eigenvalue weighted by Gasteiger charge is -2.33. The number of benzene rings is 1. The molecule has 1 heterocycles. The second-order valence-electron chi connectivity index (χ2n) is 4.60. The SMILES string of the molecule is CCC1C(=O)NCCN1C(=O)C=Cc1ccccc1Br. The number of nitrogens with zero attached hydrogens (tertiary/aromatic N) is 1. The number of nitrogens with one attached hydrogen (secondary N) is 1. The van der Waals surface area contributed by atoms with Gasteiger partial charge in [0.05, 0.1) is 0 Å². The molecule has 1 aromatic rings. The van der Waals surface area contributed by atoms with E-state index >= 15 is 0 Å². The molecule has 1 aliphatic heterocycles. The fourth-order valence-electron chi connectivity index (χ4n) is 2.25. The summed E-state index contributed by atoms with van der Waals surface area (Å²) in [5.41, 5.74) is 0.940. The largest absolute Gasteiger partial charge is 0.353 e. The van der Waals surface area contributed by atoms with E-state index in [1.54, 1.807) is 11.0 Å². The van der Waals surface area contributed by atoms with Gasteiger partial charge in [-0.15, -0.1) is 0 Å². The molecule has 1 N–H and O–H groups in total. The highest BCUT2D eigenvalue weighted by molar-refractivity contribution is 9.10. The van der Waals surface area contributed by atoms with Crippen LogP contribution in [0.4, 0.5) is 0 Å². The summed E-state index contributed by atoms with van der Waals surface area (Å²) in [6.45, 7) is 2.99. The molecule has 0 radical (unpaired) electrons. The maximum absolute atomic E-state index is 12.2. The van der Waals surface area contributed by atoms with E-state index in [4.69, 9.17) is 0 Å². The minimum atomic E-state index is -0.361. The third-order valence-corrected chi connectivity index (χ3v) is 4.03. The molecule has 1 atom stereocenters. The number of rotatable bonds is 3. The summed E-state index contributed by atoms with van der Waals surface area (Å²) in [7, 11) is 0. The molecule has 5 heteroatoms. The Bertz CT molecular complexity index is 542. The zero-order valence-electron chi connectivity index (χ0n) is 11.3. The molecule has 1 unspecified atom stereocenters. The molecule has 1 aliphatic rings. The van der Waals surface area contributed by atoms with Crippen LogP contribution in [0.15, 0.2) is 34.8 Å². The van der Waals surface area contributed by atoms with E-state index < -0.39 is 0 Å². The van der Waals surface area contributed by atoms with Crippen LogP contribution in [0.3, 0.4) is 0 Å². The Balaban J connectivity index is 2.11. The average molecular weight is 337 g/mol. The summed E-state index contributed by atoms with van der Waals surface area (Å²) < 4.78 is 0.937. The second kappa shape index (κ2) is 6.70. The van der Waals surface area contributed by atoms with E-state index in [2.05, 4.69) is 21.2 Å². The normalized spacial score (nSPS) is 19.2. The van der Waals surface area contributed by atoms with Gasteiger partial charge in [0.15, 0.2) is 0 Å². The Labute approximate surface area is 127 Å². The lowest BCUT2D eigenvalue weighted by molar-refractivity contribution is -0.140. The Hall–Kier alpha value is -1.62. The van der Waals surface area contributed by atoms with Gasteiger partial charge in [-0.25, -0.2) is 0 Å². The van der Waals surface area contributed by atoms with Crippen molar-refractivity contribution in [3.8, 4) is 0 Å². The Kier molecular flexibility index (Phi) is 4.95. The highest BCUT2D eigenvalue weighted by Crippen LogP contribution is 2.17. The molecule has 20 heavy (non-hydrogen) atoms. The van der Waals surface area contributed by atoms with Gasteiger partial charge in [0.25, 0.3) is 0 Å². The van der Waals surface area contributed by atoms with Crippen LogP contribution in [0.5, 0.6) is 0 Å². The summed E-state index contributed by atoms with van der Waals surface area (Å²) >= 11 is 3.44. The average Bonchev–Trinajstić information content (AvgIpc) is 2.46. The molecule has 0 aliphatic carbocycles. The van der Waals surface area contributed by atoms with Gasteiger partial charge < -0.3 is 10.2 Å². The summed E-state index contributed by atoms with van der Waals surface area (Å²) in [6.07, 6.45) is 3.92. The lowest BCUT2D eigenvalue weighted by Crippen LogP contribution is -2.56. The molecule has 0 bridgehead atoms. The smallest absolute Gasteiger partial charge is 0.247 e. The molecule has 4 nitrogen and oxygen atoms in total. The van der Waals surface area contributed by atoms with Gasteiger partial charge in [-0.2, -0.15) is 0 Å². The van der Waals surface area contributed by atoms with E-state index in [9.17, 15) is 9.59 Å². The summed E-state index contributed by atoms with van der Waals surface area (Å²) in [4.78, 5) is 25.6. The number of halogens is 1. The standard InChI is InChI=1S/C15H17BrN2O2/c1-2-13-15(20)17-9-10-18(13)14(19)8-7-11-5-3-4-6-12(11)16/h3-8,13H,2,9-10H2,1H3,(H,17,20). The van der Waals surface area contributed by atoms with Crippen LogP contribution < -0.4 is 5.32 Å². The molecular formula is C15H17BrN2O2. The fraction of sp³-hybridized carbons (Fsp3) is 0.333. The number of carbonyl (C=O) groups is 2. The number of hydrogen-bond donors (Lipinski definition) is 1. The molecule has 0 aromatic heterocycles. The van der Waals surface area contributed by atoms with E-state index in [0.717, 1.165) is 10.0 Å². The summed E-state index contributed by atoms with van der Waals surface area (Å²) in [5, 5.41) is 2.79. The minimum absolute atomic E-state index is 0.0682. The van der Waals surface area contributed by atoms with Crippen LogP contribution in [-0.4, -0.2) is 35.8 Å². The van der Waals surface area contributed by atoms with Gasteiger partial charge in [-0.05, 0) is 24.1 Å². The van der Waals surface area contributed by atoms with Crippen LogP contribution in [0.1, 0.15) is 18.9 Å². The van der Waals surface area contributed by atoms with Crippen molar-refractivity contribution < 1.29 is 9.59 Å². The number of amides is 2. The maximum Gasteiger partial charge on any atom is 0.247 e. The lowest BCUT2D eigenvalue weighted by atomic mass is 10.1. The van der Waals surface area contributed by atoms with Crippen LogP contribution >= 0.6 is 15.9 Å². The first-order valence-electron chi connectivity index (χ1n) is 6.64. The Morgan fingerprint density at radius 1 is 1.50 bits per heavy atom. The van der Waals surface area contributed by atoms with Crippen molar-refractivity contribution in [1.29, 1.82) is 0 Å². The molecular weight excluding hydrogens is 320 g/mol. The van der Waals surface area contributed by atoms with Gasteiger partial charge in [0.1, 0.15) is 6.04 Å². The number of piperazine rings is 1. The molecule has 2 amide bonds. The van der Waals surface area contributed by atoms with Crippen molar-refractivity contribution in [2.24, 2.45) is 0 Å². The molecule has 1 saturated heterocycles. The Morgan fingerprint density at radius 2 is 2.25 bits per heavy atom. The topological polar surface area (TPSA) is 49.4 Å². The predicted molar refractivity (Wildman–Crippen MR) is 82.0 cm³/mol. The highest BCUT2D eigenvalue weighted by Gasteiger charge is 2.30. The van der Waals surface area contributed by atoms with Crippen molar-refractivity contribution in [3.05, 3.63) is 40.4 Å². The van der Waals surface area contributed by atoms with Gasteiger partial charge in [0, 0.05) is 23.6 Å². The van der Waals surface area contributed by atoms with Crippen molar-refractivity contribution >= 4 is 33.8 Å². The third kappa shape index (κ3) is 3.28. The van der Waals surface area contributed by atoms with Gasteiger partial charge in [-0.3, -0.25) is 9.59 Å². The van der Waals surface area contributed by atoms with Crippen LogP contribution in [0.2, 0.25) is 0 Å². The molecule has 2 rings (SSSR count). The second-order valence-corrected chi connectivity index (χ2v) is 5.46. The summed E-state index contributed by atoms with van der Waals surface area (Å²) in [6, 6.07) is 7.32. The van der Waals surface area contributed by atoms with Crippen molar-refractivity contribution in [3.63, 3.8) is 0 Å². The zero-order chi connectivity index (χ0) is 14.5. The fourth-order valence-corrected chi connectivity index (χ4v) is 2.67. The monoisotopic (exact) mass is 336 g/mol. The molecule has 1 aromatic carbocycles. The summed E-state index contributed by atoms with van der Waals surface area (Å²) in [5.74, 6) is -0.191. The molecule has 0 saturated carbocycles. The quantitative estimate of drug-likeness (QED) is 0.860. The van der Waals surface area contributed by atoms with E-state index in [-0.39, 0.29) is 17.9 Å². The number of hydrogen-bond acceptors (Lipinski definition) is 2. The maximum atomic E-state index is 12.2. The van der Waals surface area contributed by atoms with Crippen molar-refractivity contribution in [2.75, 3.05) is 13.1 Å². The van der Waals surface area contributed by atoms with Crippen LogP contribution in [0.25, 0.3) is 6.08 Å². The van der Waals surface area contributed by atoms with Crippen molar-refractivity contribution in [2.45, 2.75) is 19.4 Å². The van der Waals surface area contributed by atoms with Gasteiger partial charge in [-0.1, -0.05) is 41.1 Å². The van der Waals surface area contributed by atoms with E-state index in [1.165, 1.54) is 6.08 Å². The first kappa shape index (κ1) is 14.8. The number of carbonyl (C=O) groups excluding carboxylic acids is 2. The van der Waals surface area contributed by atoms with E-state index in [1.807, 2.05) is 31.2 Å². The zero-order valence-corrected chi connectivity index (χ0v) is 12.9. The van der Waals surface area contributed by atoms with Crippen molar-refractivity contribution in [1.82, 2.24) is 10.2 Å². The Morgan fingerprint density at radius 3 is 2.95 bits per heavy atom. The highest BCUT2D eigenvalue weighted by atomic mass is 79.9. The minimum Gasteiger partial charge on any atom is -0.353 e. The first-order valence-corrected chi connectivity index (χ1v) is 7.43. The molecule has 0 spiro atoms. The predicted octanol–water partition coefficient (Wildman–Crippen LogP) is 2.20. The van der Waals surface area contributed by atoms with Gasteiger partial charge in [0.2, 0.25) is 11.8 Å². The van der Waals surface area contributed by atoms with Gasteiger partial charge >= 0.3 is 0 Å². The van der Waals surface area contributed by atoms with Crippen LogP contribution in [0, 0.1) is 0 Å². The first-order chi connectivity index (χ1) is 9.63. The van der Waals surface area contributed by atoms with E-state index in [0.29, 0.717) is 19.5 Å². The molecule has 106 valence electrons. The third-order valence-electron chi connectivity index (χ3n) is 3.31.